The lowest BCUT2D eigenvalue weighted by molar-refractivity contribution is -0.195. The maximum Gasteiger partial charge on any atom is 0.405 e. The van der Waals surface area contributed by atoms with Crippen LogP contribution in [0.15, 0.2) is 0 Å². The highest BCUT2D eigenvalue weighted by Gasteiger charge is 2.47. The van der Waals surface area contributed by atoms with Gasteiger partial charge in [-0.05, 0) is 26.3 Å². The Kier molecular flexibility index (Phi) is 4.18. The van der Waals surface area contributed by atoms with Gasteiger partial charge in [-0.15, -0.1) is 0 Å². The molecule has 2 N–H and O–H groups in total. The summed E-state index contributed by atoms with van der Waals surface area (Å²) < 4.78 is 39.1. The van der Waals surface area contributed by atoms with Crippen LogP contribution in [0.5, 0.6) is 0 Å². The highest BCUT2D eigenvalue weighted by Crippen LogP contribution is 2.30. The third kappa shape index (κ3) is 2.97. The second kappa shape index (κ2) is 5.35. The fourth-order valence-corrected chi connectivity index (χ4v) is 3.27. The topological polar surface area (TPSA) is 32.5 Å². The Morgan fingerprint density at radius 1 is 1.17 bits per heavy atom. The number of rotatable bonds is 2. The highest BCUT2D eigenvalue weighted by atomic mass is 19.4. The van der Waals surface area contributed by atoms with Crippen LogP contribution in [-0.4, -0.2) is 60.3 Å². The van der Waals surface area contributed by atoms with Crippen LogP contribution in [-0.2, 0) is 0 Å². The summed E-state index contributed by atoms with van der Waals surface area (Å²) in [6.45, 7) is 4.21. The lowest BCUT2D eigenvalue weighted by Crippen LogP contribution is -2.63. The normalized spacial score (nSPS) is 30.8. The number of hydrogen-bond donors (Lipinski definition) is 1. The van der Waals surface area contributed by atoms with Crippen LogP contribution in [0.4, 0.5) is 13.2 Å². The van der Waals surface area contributed by atoms with E-state index in [4.69, 9.17) is 5.73 Å². The molecular weight excluding hydrogens is 243 g/mol. The Morgan fingerprint density at radius 2 is 1.89 bits per heavy atom. The van der Waals surface area contributed by atoms with Crippen molar-refractivity contribution in [3.63, 3.8) is 0 Å². The number of halogens is 3. The molecule has 0 amide bonds. The molecule has 0 spiro atoms. The molecule has 0 radical (unpaired) electrons. The molecule has 0 aromatic carbocycles. The summed E-state index contributed by atoms with van der Waals surface area (Å²) in [5, 5.41) is 0. The molecule has 2 fully saturated rings. The summed E-state index contributed by atoms with van der Waals surface area (Å²) >= 11 is 0. The van der Waals surface area contributed by atoms with Crippen LogP contribution in [0, 0.1) is 0 Å². The molecule has 0 aliphatic carbocycles. The fourth-order valence-electron chi connectivity index (χ4n) is 3.27. The quantitative estimate of drug-likeness (QED) is 0.820. The Morgan fingerprint density at radius 3 is 2.50 bits per heavy atom. The largest absolute Gasteiger partial charge is 0.405 e. The van der Waals surface area contributed by atoms with Crippen molar-refractivity contribution in [1.82, 2.24) is 9.80 Å². The molecule has 2 saturated heterocycles. The maximum absolute atomic E-state index is 13.0. The SMILES string of the molecule is CC(N)C(N1CCN2CCCCC2C1)C(F)(F)F. The number of nitrogens with two attached hydrogens (primary N) is 1. The molecule has 6 heteroatoms. The first-order valence-corrected chi connectivity index (χ1v) is 6.70. The minimum absolute atomic E-state index is 0.288. The van der Waals surface area contributed by atoms with Crippen molar-refractivity contribution < 1.29 is 13.2 Å². The van der Waals surface area contributed by atoms with E-state index in [-0.39, 0.29) is 6.04 Å². The van der Waals surface area contributed by atoms with E-state index in [1.807, 2.05) is 0 Å². The summed E-state index contributed by atoms with van der Waals surface area (Å²) in [4.78, 5) is 3.87. The molecule has 3 nitrogen and oxygen atoms in total. The van der Waals surface area contributed by atoms with Crippen molar-refractivity contribution in [2.24, 2.45) is 5.73 Å². The first kappa shape index (κ1) is 14.1. The molecule has 3 atom stereocenters. The lowest BCUT2D eigenvalue weighted by atomic mass is 9.97. The van der Waals surface area contributed by atoms with E-state index in [0.717, 1.165) is 25.9 Å². The number of piperidine rings is 1. The Bertz CT molecular complexity index is 280. The van der Waals surface area contributed by atoms with Crippen LogP contribution < -0.4 is 5.73 Å². The maximum atomic E-state index is 13.0. The monoisotopic (exact) mass is 265 g/mol. The van der Waals surface area contributed by atoms with E-state index in [1.54, 1.807) is 0 Å². The van der Waals surface area contributed by atoms with E-state index in [0.29, 0.717) is 13.1 Å². The van der Waals surface area contributed by atoms with Gasteiger partial charge in [0.15, 0.2) is 0 Å². The molecule has 3 unspecified atom stereocenters. The van der Waals surface area contributed by atoms with Gasteiger partial charge in [-0.1, -0.05) is 6.42 Å². The first-order chi connectivity index (χ1) is 8.39. The van der Waals surface area contributed by atoms with Crippen molar-refractivity contribution in [2.45, 2.75) is 50.5 Å². The molecule has 0 saturated carbocycles. The lowest BCUT2D eigenvalue weighted by Gasteiger charge is -2.47. The van der Waals surface area contributed by atoms with Crippen molar-refractivity contribution in [1.29, 1.82) is 0 Å². The second-order valence-corrected chi connectivity index (χ2v) is 5.53. The van der Waals surface area contributed by atoms with E-state index >= 15 is 0 Å². The molecule has 106 valence electrons. The van der Waals surface area contributed by atoms with Crippen LogP contribution in [0.3, 0.4) is 0 Å². The Labute approximate surface area is 106 Å². The fraction of sp³-hybridized carbons (Fsp3) is 1.00. The number of nitrogens with zero attached hydrogens (tertiary/aromatic N) is 2. The van der Waals surface area contributed by atoms with Gasteiger partial charge < -0.3 is 5.73 Å². The zero-order valence-electron chi connectivity index (χ0n) is 10.8. The van der Waals surface area contributed by atoms with Crippen molar-refractivity contribution >= 4 is 0 Å². The summed E-state index contributed by atoms with van der Waals surface area (Å²) in [5.74, 6) is 0. The van der Waals surface area contributed by atoms with E-state index in [1.165, 1.54) is 18.2 Å². The van der Waals surface area contributed by atoms with Gasteiger partial charge >= 0.3 is 6.18 Å². The Hall–Kier alpha value is -0.330. The highest BCUT2D eigenvalue weighted by molar-refractivity contribution is 4.93. The predicted molar refractivity (Wildman–Crippen MR) is 64.3 cm³/mol. The van der Waals surface area contributed by atoms with Crippen LogP contribution in [0.25, 0.3) is 0 Å². The molecule has 0 bridgehead atoms. The molecular formula is C12H22F3N3. The van der Waals surface area contributed by atoms with Crippen molar-refractivity contribution in [3.05, 3.63) is 0 Å². The van der Waals surface area contributed by atoms with Gasteiger partial charge in [-0.25, -0.2) is 0 Å². The molecule has 2 rings (SSSR count). The van der Waals surface area contributed by atoms with Gasteiger partial charge in [0.2, 0.25) is 0 Å². The molecule has 2 aliphatic rings. The van der Waals surface area contributed by atoms with Gasteiger partial charge in [-0.2, -0.15) is 13.2 Å². The zero-order valence-corrected chi connectivity index (χ0v) is 10.8. The number of hydrogen-bond acceptors (Lipinski definition) is 3. The molecule has 2 aliphatic heterocycles. The molecule has 0 aromatic rings. The summed E-state index contributed by atoms with van der Waals surface area (Å²) in [6, 6.07) is -2.09. The van der Waals surface area contributed by atoms with Gasteiger partial charge in [0.25, 0.3) is 0 Å². The third-order valence-electron chi connectivity index (χ3n) is 4.10. The van der Waals surface area contributed by atoms with Crippen LogP contribution in [0.1, 0.15) is 26.2 Å². The van der Waals surface area contributed by atoms with E-state index in [9.17, 15) is 13.2 Å². The zero-order chi connectivity index (χ0) is 13.3. The van der Waals surface area contributed by atoms with Crippen molar-refractivity contribution in [2.75, 3.05) is 26.2 Å². The predicted octanol–water partition coefficient (Wildman–Crippen LogP) is 1.43. The van der Waals surface area contributed by atoms with Crippen LogP contribution in [0.2, 0.25) is 0 Å². The number of alkyl halides is 3. The molecule has 2 heterocycles. The average Bonchev–Trinajstić information content (AvgIpc) is 2.26. The second-order valence-electron chi connectivity index (χ2n) is 5.53. The smallest absolute Gasteiger partial charge is 0.326 e. The number of fused-ring (bicyclic) bond motifs is 1. The third-order valence-corrected chi connectivity index (χ3v) is 4.10. The van der Waals surface area contributed by atoms with Gasteiger partial charge in [0.1, 0.15) is 6.04 Å². The summed E-state index contributed by atoms with van der Waals surface area (Å²) in [7, 11) is 0. The van der Waals surface area contributed by atoms with Crippen molar-refractivity contribution in [3.8, 4) is 0 Å². The van der Waals surface area contributed by atoms with Gasteiger partial charge in [-0.3, -0.25) is 9.80 Å². The van der Waals surface area contributed by atoms with E-state index < -0.39 is 18.3 Å². The number of piperazine rings is 1. The summed E-state index contributed by atoms with van der Waals surface area (Å²) in [5.41, 5.74) is 5.55. The van der Waals surface area contributed by atoms with Crippen LogP contribution >= 0.6 is 0 Å². The minimum Gasteiger partial charge on any atom is -0.326 e. The average molecular weight is 265 g/mol. The standard InChI is InChI=1S/C12H22F3N3/c1-9(16)11(12(13,14)15)18-7-6-17-5-3-2-4-10(17)8-18/h9-11H,2-8,16H2,1H3. The van der Waals surface area contributed by atoms with E-state index in [2.05, 4.69) is 4.90 Å². The summed E-state index contributed by atoms with van der Waals surface area (Å²) in [6.07, 6.45) is -0.915. The molecule has 18 heavy (non-hydrogen) atoms. The molecule has 0 aromatic heterocycles. The Balaban J connectivity index is 2.04. The first-order valence-electron chi connectivity index (χ1n) is 6.70. The van der Waals surface area contributed by atoms with Gasteiger partial charge in [0.05, 0.1) is 0 Å². The van der Waals surface area contributed by atoms with Gasteiger partial charge in [0, 0.05) is 31.7 Å². The minimum atomic E-state index is -4.23.